The van der Waals surface area contributed by atoms with Crippen LogP contribution in [-0.4, -0.2) is 5.78 Å². The van der Waals surface area contributed by atoms with E-state index in [0.29, 0.717) is 12.8 Å². The highest BCUT2D eigenvalue weighted by Crippen LogP contribution is 2.15. The van der Waals surface area contributed by atoms with Crippen molar-refractivity contribution < 1.29 is 4.79 Å². The summed E-state index contributed by atoms with van der Waals surface area (Å²) in [7, 11) is 0. The van der Waals surface area contributed by atoms with E-state index in [9.17, 15) is 4.79 Å². The average molecular weight is 191 g/mol. The summed E-state index contributed by atoms with van der Waals surface area (Å²) in [5.41, 5.74) is 7.05. The van der Waals surface area contributed by atoms with Crippen LogP contribution in [-0.2, 0) is 4.79 Å². The third-order valence-corrected chi connectivity index (χ3v) is 2.36. The lowest BCUT2D eigenvalue weighted by Crippen LogP contribution is -2.11. The fourth-order valence-corrected chi connectivity index (χ4v) is 1.36. The first-order valence-electron chi connectivity index (χ1n) is 5.06. The van der Waals surface area contributed by atoms with Gasteiger partial charge in [0.15, 0.2) is 0 Å². The fraction of sp³-hybridized carbons (Fsp3) is 0.417. The van der Waals surface area contributed by atoms with E-state index in [4.69, 9.17) is 5.73 Å². The zero-order valence-corrected chi connectivity index (χ0v) is 8.57. The molecule has 1 rings (SSSR count). The van der Waals surface area contributed by atoms with Crippen LogP contribution in [0.1, 0.15) is 37.8 Å². The van der Waals surface area contributed by atoms with Crippen molar-refractivity contribution in [2.45, 2.75) is 32.2 Å². The van der Waals surface area contributed by atoms with Gasteiger partial charge in [-0.05, 0) is 12.0 Å². The molecule has 0 spiro atoms. The van der Waals surface area contributed by atoms with Gasteiger partial charge in [0.1, 0.15) is 5.78 Å². The maximum atomic E-state index is 11.1. The number of Topliss-reactive ketones (excluding diaryl/α,β-unsaturated/α-hetero) is 1. The summed E-state index contributed by atoms with van der Waals surface area (Å²) in [6.45, 7) is 1.89. The van der Waals surface area contributed by atoms with Gasteiger partial charge in [-0.3, -0.25) is 4.79 Å². The van der Waals surface area contributed by atoms with Crippen molar-refractivity contribution in [3.8, 4) is 0 Å². The summed E-state index contributed by atoms with van der Waals surface area (Å²) in [5, 5.41) is 0. The number of benzene rings is 1. The first-order chi connectivity index (χ1) is 6.74. The third-order valence-electron chi connectivity index (χ3n) is 2.36. The van der Waals surface area contributed by atoms with Crippen molar-refractivity contribution in [2.75, 3.05) is 0 Å². The molecule has 76 valence electrons. The topological polar surface area (TPSA) is 43.1 Å². The zero-order valence-electron chi connectivity index (χ0n) is 8.57. The van der Waals surface area contributed by atoms with Crippen LogP contribution in [0.5, 0.6) is 0 Å². The molecule has 0 aromatic heterocycles. The molecule has 0 aliphatic rings. The Balaban J connectivity index is 2.43. The molecule has 2 N–H and O–H groups in total. The Kier molecular flexibility index (Phi) is 4.33. The van der Waals surface area contributed by atoms with E-state index in [0.717, 1.165) is 12.0 Å². The molecule has 1 unspecified atom stereocenters. The Morgan fingerprint density at radius 2 is 2.00 bits per heavy atom. The van der Waals surface area contributed by atoms with E-state index in [-0.39, 0.29) is 11.8 Å². The number of hydrogen-bond donors (Lipinski definition) is 1. The van der Waals surface area contributed by atoms with Crippen molar-refractivity contribution in [1.29, 1.82) is 0 Å². The van der Waals surface area contributed by atoms with E-state index in [1.165, 1.54) is 0 Å². The molecule has 1 aromatic rings. The standard InChI is InChI=1S/C12H17NO/c1-2-11(14)8-9-12(13)10-6-4-3-5-7-10/h3-7,12H,2,8-9,13H2,1H3. The number of ketones is 1. The Hall–Kier alpha value is -1.15. The molecule has 0 bridgehead atoms. The molecule has 1 aromatic carbocycles. The Bertz CT molecular complexity index is 282. The van der Waals surface area contributed by atoms with E-state index < -0.39 is 0 Å². The molecule has 0 heterocycles. The predicted molar refractivity (Wildman–Crippen MR) is 57.9 cm³/mol. The summed E-state index contributed by atoms with van der Waals surface area (Å²) in [6, 6.07) is 9.90. The highest BCUT2D eigenvalue weighted by atomic mass is 16.1. The molecule has 14 heavy (non-hydrogen) atoms. The van der Waals surface area contributed by atoms with Gasteiger partial charge in [0, 0.05) is 18.9 Å². The van der Waals surface area contributed by atoms with Crippen molar-refractivity contribution in [3.63, 3.8) is 0 Å². The van der Waals surface area contributed by atoms with E-state index >= 15 is 0 Å². The van der Waals surface area contributed by atoms with E-state index in [2.05, 4.69) is 0 Å². The van der Waals surface area contributed by atoms with Crippen LogP contribution in [0, 0.1) is 0 Å². The van der Waals surface area contributed by atoms with E-state index in [1.54, 1.807) is 0 Å². The van der Waals surface area contributed by atoms with Crippen LogP contribution in [0.2, 0.25) is 0 Å². The molecule has 0 aliphatic heterocycles. The SMILES string of the molecule is CCC(=O)CCC(N)c1ccccc1. The van der Waals surface area contributed by atoms with Gasteiger partial charge in [0.2, 0.25) is 0 Å². The molecular formula is C12H17NO. The number of nitrogens with two attached hydrogens (primary N) is 1. The van der Waals surface area contributed by atoms with Crippen LogP contribution in [0.4, 0.5) is 0 Å². The molecule has 2 heteroatoms. The lowest BCUT2D eigenvalue weighted by atomic mass is 10.0. The second kappa shape index (κ2) is 5.55. The molecule has 2 nitrogen and oxygen atoms in total. The Morgan fingerprint density at radius 1 is 1.36 bits per heavy atom. The van der Waals surface area contributed by atoms with E-state index in [1.807, 2.05) is 37.3 Å². The molecule has 0 saturated heterocycles. The average Bonchev–Trinajstić information content (AvgIpc) is 2.26. The van der Waals surface area contributed by atoms with Gasteiger partial charge in [-0.1, -0.05) is 37.3 Å². The monoisotopic (exact) mass is 191 g/mol. The molecule has 0 aliphatic carbocycles. The van der Waals surface area contributed by atoms with Gasteiger partial charge >= 0.3 is 0 Å². The summed E-state index contributed by atoms with van der Waals surface area (Å²) in [5.74, 6) is 0.288. The minimum atomic E-state index is -0.00769. The predicted octanol–water partition coefficient (Wildman–Crippen LogP) is 2.45. The summed E-state index contributed by atoms with van der Waals surface area (Å²) in [6.07, 6.45) is 1.95. The van der Waals surface area contributed by atoms with Crippen molar-refractivity contribution in [3.05, 3.63) is 35.9 Å². The molecule has 1 atom stereocenters. The van der Waals surface area contributed by atoms with Gasteiger partial charge in [0.25, 0.3) is 0 Å². The van der Waals surface area contributed by atoms with Crippen LogP contribution in [0.25, 0.3) is 0 Å². The first kappa shape index (κ1) is 10.9. The van der Waals surface area contributed by atoms with Crippen molar-refractivity contribution >= 4 is 5.78 Å². The number of rotatable bonds is 5. The normalized spacial score (nSPS) is 12.4. The maximum Gasteiger partial charge on any atom is 0.132 e. The Labute approximate surface area is 85.1 Å². The van der Waals surface area contributed by atoms with Gasteiger partial charge in [-0.2, -0.15) is 0 Å². The van der Waals surface area contributed by atoms with Gasteiger partial charge in [0.05, 0.1) is 0 Å². The van der Waals surface area contributed by atoms with Crippen molar-refractivity contribution in [1.82, 2.24) is 0 Å². The number of carbonyl (C=O) groups excluding carboxylic acids is 1. The van der Waals surface area contributed by atoms with Crippen LogP contribution >= 0.6 is 0 Å². The van der Waals surface area contributed by atoms with Gasteiger partial charge < -0.3 is 5.73 Å². The summed E-state index contributed by atoms with van der Waals surface area (Å²) < 4.78 is 0. The van der Waals surface area contributed by atoms with Gasteiger partial charge in [-0.15, -0.1) is 0 Å². The van der Waals surface area contributed by atoms with Gasteiger partial charge in [-0.25, -0.2) is 0 Å². The highest BCUT2D eigenvalue weighted by molar-refractivity contribution is 5.77. The lowest BCUT2D eigenvalue weighted by molar-refractivity contribution is -0.118. The maximum absolute atomic E-state index is 11.1. The van der Waals surface area contributed by atoms with Crippen LogP contribution < -0.4 is 5.73 Å². The minimum absolute atomic E-state index is 0.00769. The minimum Gasteiger partial charge on any atom is -0.324 e. The molecule has 0 fully saturated rings. The quantitative estimate of drug-likeness (QED) is 0.776. The smallest absolute Gasteiger partial charge is 0.132 e. The Morgan fingerprint density at radius 3 is 2.57 bits per heavy atom. The second-order valence-corrected chi connectivity index (χ2v) is 3.45. The first-order valence-corrected chi connectivity index (χ1v) is 5.06. The van der Waals surface area contributed by atoms with Crippen LogP contribution in [0.15, 0.2) is 30.3 Å². The number of hydrogen-bond acceptors (Lipinski definition) is 2. The molecule has 0 amide bonds. The van der Waals surface area contributed by atoms with Crippen molar-refractivity contribution in [2.24, 2.45) is 5.73 Å². The summed E-state index contributed by atoms with van der Waals surface area (Å²) >= 11 is 0. The third kappa shape index (κ3) is 3.30. The zero-order chi connectivity index (χ0) is 10.4. The molecule has 0 saturated carbocycles. The number of carbonyl (C=O) groups is 1. The molecular weight excluding hydrogens is 174 g/mol. The van der Waals surface area contributed by atoms with Crippen LogP contribution in [0.3, 0.4) is 0 Å². The largest absolute Gasteiger partial charge is 0.324 e. The summed E-state index contributed by atoms with van der Waals surface area (Å²) in [4.78, 5) is 11.1. The highest BCUT2D eigenvalue weighted by Gasteiger charge is 2.07. The fourth-order valence-electron chi connectivity index (χ4n) is 1.36. The molecule has 0 radical (unpaired) electrons. The second-order valence-electron chi connectivity index (χ2n) is 3.45. The lowest BCUT2D eigenvalue weighted by Gasteiger charge is -2.10.